The molecule has 0 aromatic heterocycles. The van der Waals surface area contributed by atoms with Crippen LogP contribution in [0.4, 0.5) is 5.69 Å². The van der Waals surface area contributed by atoms with Crippen molar-refractivity contribution >= 4 is 20.0 Å². The van der Waals surface area contributed by atoms with Crippen LogP contribution in [0.15, 0.2) is 24.0 Å². The number of carbonyl (C=O) groups excluding carboxylic acids is 1. The average Bonchev–Trinajstić information content (AvgIpc) is 2.96. The molecule has 28 heavy (non-hydrogen) atoms. The van der Waals surface area contributed by atoms with Crippen LogP contribution in [-0.2, 0) is 18.7 Å². The van der Waals surface area contributed by atoms with Crippen LogP contribution in [0.1, 0.15) is 31.9 Å². The summed E-state index contributed by atoms with van der Waals surface area (Å²) >= 11 is 0. The summed E-state index contributed by atoms with van der Waals surface area (Å²) < 4.78 is 27.7. The van der Waals surface area contributed by atoms with E-state index >= 15 is 0 Å². The molecule has 0 saturated carbocycles. The number of ether oxygens (including phenoxy) is 4. The molecule has 2 heterocycles. The number of nitro benzene ring substituents is 1. The number of hydrogen-bond donors (Lipinski definition) is 0. The third kappa shape index (κ3) is 4.63. The van der Waals surface area contributed by atoms with E-state index in [-0.39, 0.29) is 18.9 Å². The largest absolute Gasteiger partial charge is 0.457 e. The van der Waals surface area contributed by atoms with E-state index in [1.165, 1.54) is 12.1 Å². The van der Waals surface area contributed by atoms with Crippen LogP contribution >= 0.6 is 0 Å². The Morgan fingerprint density at radius 3 is 2.43 bits per heavy atom. The summed E-state index contributed by atoms with van der Waals surface area (Å²) in [6, 6.07) is 2.91. The standard InChI is InChI=1S/C18H23NO8Si/c1-18(2)25-11(7-17(20)26-18)6-14(27-28(3,4)5)12-8-15-16(24-10-23-15)9-13(12)19(21)22/h7-9,14H,6,10H2,1-5H3. The van der Waals surface area contributed by atoms with Gasteiger partial charge in [-0.15, -0.1) is 0 Å². The van der Waals surface area contributed by atoms with Crippen molar-refractivity contribution in [1.29, 1.82) is 0 Å². The molecule has 0 saturated heterocycles. The highest BCUT2D eigenvalue weighted by atomic mass is 28.4. The lowest BCUT2D eigenvalue weighted by atomic mass is 10.0. The Labute approximate surface area is 163 Å². The maximum Gasteiger partial charge on any atom is 0.337 e. The second kappa shape index (κ2) is 7.10. The molecule has 152 valence electrons. The minimum absolute atomic E-state index is 0.00375. The molecule has 1 aromatic rings. The molecule has 2 aliphatic rings. The van der Waals surface area contributed by atoms with Crippen molar-refractivity contribution in [2.45, 2.75) is 51.8 Å². The van der Waals surface area contributed by atoms with Gasteiger partial charge in [-0.2, -0.15) is 0 Å². The van der Waals surface area contributed by atoms with Gasteiger partial charge in [0.05, 0.1) is 28.7 Å². The van der Waals surface area contributed by atoms with Crippen molar-refractivity contribution in [2.75, 3.05) is 6.79 Å². The highest BCUT2D eigenvalue weighted by Gasteiger charge is 2.36. The summed E-state index contributed by atoms with van der Waals surface area (Å²) in [5, 5.41) is 11.7. The Morgan fingerprint density at radius 1 is 1.21 bits per heavy atom. The van der Waals surface area contributed by atoms with Gasteiger partial charge < -0.3 is 23.4 Å². The van der Waals surface area contributed by atoms with E-state index in [0.29, 0.717) is 22.8 Å². The lowest BCUT2D eigenvalue weighted by Crippen LogP contribution is -2.35. The van der Waals surface area contributed by atoms with Gasteiger partial charge >= 0.3 is 5.97 Å². The minimum atomic E-state index is -2.12. The second-order valence-electron chi connectivity index (χ2n) is 7.98. The first-order chi connectivity index (χ1) is 12.9. The zero-order valence-corrected chi connectivity index (χ0v) is 17.4. The summed E-state index contributed by atoms with van der Waals surface area (Å²) in [5.74, 6) is -0.566. The Morgan fingerprint density at radius 2 is 1.86 bits per heavy atom. The molecular formula is C18H23NO8Si. The molecule has 0 amide bonds. The van der Waals surface area contributed by atoms with Gasteiger partial charge in [0, 0.05) is 20.3 Å². The minimum Gasteiger partial charge on any atom is -0.457 e. The van der Waals surface area contributed by atoms with Crippen LogP contribution in [0.5, 0.6) is 11.5 Å². The quantitative estimate of drug-likeness (QED) is 0.302. The highest BCUT2D eigenvalue weighted by Crippen LogP contribution is 2.43. The molecule has 2 aliphatic heterocycles. The third-order valence-electron chi connectivity index (χ3n) is 3.95. The van der Waals surface area contributed by atoms with Crippen molar-refractivity contribution in [3.05, 3.63) is 39.6 Å². The van der Waals surface area contributed by atoms with E-state index in [1.807, 2.05) is 19.6 Å². The van der Waals surface area contributed by atoms with E-state index in [4.69, 9.17) is 23.4 Å². The average molecular weight is 409 g/mol. The van der Waals surface area contributed by atoms with Crippen molar-refractivity contribution in [1.82, 2.24) is 0 Å². The maximum atomic E-state index is 11.9. The van der Waals surface area contributed by atoms with E-state index in [1.54, 1.807) is 19.9 Å². The molecule has 0 fully saturated rings. The van der Waals surface area contributed by atoms with Crippen molar-refractivity contribution in [2.24, 2.45) is 0 Å². The molecule has 10 heteroatoms. The first-order valence-corrected chi connectivity index (χ1v) is 12.2. The van der Waals surface area contributed by atoms with Crippen LogP contribution < -0.4 is 9.47 Å². The monoisotopic (exact) mass is 409 g/mol. The van der Waals surface area contributed by atoms with Gasteiger partial charge in [-0.1, -0.05) is 0 Å². The molecule has 0 radical (unpaired) electrons. The maximum absolute atomic E-state index is 11.9. The van der Waals surface area contributed by atoms with Gasteiger partial charge in [0.2, 0.25) is 12.6 Å². The van der Waals surface area contributed by atoms with Gasteiger partial charge in [-0.25, -0.2) is 4.79 Å². The Hall–Kier alpha value is -2.59. The number of carbonyl (C=O) groups is 1. The van der Waals surface area contributed by atoms with Crippen LogP contribution in [0.25, 0.3) is 0 Å². The topological polar surface area (TPSA) is 106 Å². The lowest BCUT2D eigenvalue weighted by Gasteiger charge is -2.33. The van der Waals surface area contributed by atoms with Gasteiger partial charge in [0.1, 0.15) is 5.76 Å². The van der Waals surface area contributed by atoms with E-state index < -0.39 is 31.1 Å². The number of esters is 1. The smallest absolute Gasteiger partial charge is 0.337 e. The number of rotatable bonds is 6. The molecule has 9 nitrogen and oxygen atoms in total. The van der Waals surface area contributed by atoms with Crippen LogP contribution in [0, 0.1) is 10.1 Å². The number of nitro groups is 1. The summed E-state index contributed by atoms with van der Waals surface area (Å²) in [6.07, 6.45) is 0.683. The van der Waals surface area contributed by atoms with E-state index in [2.05, 4.69) is 0 Å². The van der Waals surface area contributed by atoms with Crippen LogP contribution in [0.3, 0.4) is 0 Å². The summed E-state index contributed by atoms with van der Waals surface area (Å²) in [5.41, 5.74) is 0.212. The normalized spacial score (nSPS) is 18.8. The fourth-order valence-electron chi connectivity index (χ4n) is 3.06. The number of fused-ring (bicyclic) bond motifs is 1. The van der Waals surface area contributed by atoms with E-state index in [9.17, 15) is 14.9 Å². The van der Waals surface area contributed by atoms with Gasteiger partial charge in [0.15, 0.2) is 19.8 Å². The lowest BCUT2D eigenvalue weighted by molar-refractivity contribution is -0.386. The molecule has 0 spiro atoms. The van der Waals surface area contributed by atoms with Crippen molar-refractivity contribution in [3.8, 4) is 11.5 Å². The third-order valence-corrected chi connectivity index (χ3v) is 4.94. The Kier molecular flexibility index (Phi) is 5.11. The first kappa shape index (κ1) is 20.1. The highest BCUT2D eigenvalue weighted by molar-refractivity contribution is 6.69. The number of benzene rings is 1. The number of cyclic esters (lactones) is 1. The molecule has 0 bridgehead atoms. The van der Waals surface area contributed by atoms with Crippen LogP contribution in [0.2, 0.25) is 19.6 Å². The molecule has 1 atom stereocenters. The molecule has 1 unspecified atom stereocenters. The number of nitrogens with zero attached hydrogens (tertiary/aromatic N) is 1. The van der Waals surface area contributed by atoms with Gasteiger partial charge in [0.25, 0.3) is 5.69 Å². The predicted molar refractivity (Wildman–Crippen MR) is 100 cm³/mol. The zero-order chi connectivity index (χ0) is 20.7. The van der Waals surface area contributed by atoms with Crippen molar-refractivity contribution in [3.63, 3.8) is 0 Å². The fraction of sp³-hybridized carbons (Fsp3) is 0.500. The zero-order valence-electron chi connectivity index (χ0n) is 16.4. The first-order valence-electron chi connectivity index (χ1n) is 8.82. The SMILES string of the molecule is CC1(C)OC(=O)C=C(CC(O[Si](C)(C)C)c2cc3c(cc2[N+](=O)[O-])OCO3)O1. The van der Waals surface area contributed by atoms with Gasteiger partial charge in [-0.05, 0) is 25.7 Å². The molecule has 3 rings (SSSR count). The molecule has 0 N–H and O–H groups in total. The molecule has 1 aromatic carbocycles. The second-order valence-corrected chi connectivity index (χ2v) is 12.4. The molecular weight excluding hydrogens is 386 g/mol. The predicted octanol–water partition coefficient (Wildman–Crippen LogP) is 3.80. The summed E-state index contributed by atoms with van der Waals surface area (Å²) in [7, 11) is -2.12. The summed E-state index contributed by atoms with van der Waals surface area (Å²) in [4.78, 5) is 23.1. The van der Waals surface area contributed by atoms with E-state index in [0.717, 1.165) is 0 Å². The summed E-state index contributed by atoms with van der Waals surface area (Å²) in [6.45, 7) is 9.18. The Bertz CT molecular complexity index is 843. The number of hydrogen-bond acceptors (Lipinski definition) is 8. The Balaban J connectivity index is 2.02. The van der Waals surface area contributed by atoms with Gasteiger partial charge in [-0.3, -0.25) is 10.1 Å². The van der Waals surface area contributed by atoms with Crippen molar-refractivity contribution < 1.29 is 33.1 Å². The fourth-order valence-corrected chi connectivity index (χ4v) is 4.12. The molecule has 0 aliphatic carbocycles. The van der Waals surface area contributed by atoms with Crippen LogP contribution in [-0.4, -0.2) is 31.8 Å².